The molecule has 0 aliphatic heterocycles. The summed E-state index contributed by atoms with van der Waals surface area (Å²) in [6.45, 7) is 3.40. The highest BCUT2D eigenvalue weighted by Crippen LogP contribution is 2.36. The van der Waals surface area contributed by atoms with Gasteiger partial charge < -0.3 is 4.57 Å². The first-order valence-corrected chi connectivity index (χ1v) is 8.04. The van der Waals surface area contributed by atoms with Crippen LogP contribution in [0.1, 0.15) is 46.7 Å². The normalized spacial score (nSPS) is 16.0. The van der Waals surface area contributed by atoms with Crippen LogP contribution in [-0.2, 0) is 6.18 Å². The van der Waals surface area contributed by atoms with E-state index in [0.717, 1.165) is 30.7 Å². The van der Waals surface area contributed by atoms with Crippen LogP contribution in [0.5, 0.6) is 0 Å². The molecule has 1 saturated carbocycles. The number of nitrogens with zero attached hydrogens (tertiary/aromatic N) is 2. The number of thiazole rings is 1. The van der Waals surface area contributed by atoms with E-state index in [2.05, 4.69) is 4.99 Å². The maximum absolute atomic E-state index is 12.6. The number of ketones is 1. The molecule has 0 bridgehead atoms. The van der Waals surface area contributed by atoms with Crippen molar-refractivity contribution >= 4 is 22.8 Å². The van der Waals surface area contributed by atoms with Crippen LogP contribution in [0.4, 0.5) is 18.9 Å². The maximum atomic E-state index is 12.6. The number of hydrogen-bond donors (Lipinski definition) is 0. The van der Waals surface area contributed by atoms with Gasteiger partial charge in [0.1, 0.15) is 0 Å². The lowest BCUT2D eigenvalue weighted by molar-refractivity contribution is -0.137. The van der Waals surface area contributed by atoms with E-state index < -0.39 is 11.7 Å². The Labute approximate surface area is 135 Å². The third-order valence-corrected chi connectivity index (χ3v) is 5.00. The van der Waals surface area contributed by atoms with Gasteiger partial charge in [-0.2, -0.15) is 13.2 Å². The van der Waals surface area contributed by atoms with Crippen LogP contribution in [0.3, 0.4) is 0 Å². The molecule has 122 valence electrons. The molecular weight excluding hydrogens is 325 g/mol. The topological polar surface area (TPSA) is 34.4 Å². The van der Waals surface area contributed by atoms with E-state index in [1.54, 1.807) is 0 Å². The zero-order valence-electron chi connectivity index (χ0n) is 12.6. The average Bonchev–Trinajstić information content (AvgIpc) is 3.23. The van der Waals surface area contributed by atoms with Gasteiger partial charge in [-0.15, -0.1) is 0 Å². The second-order valence-electron chi connectivity index (χ2n) is 5.61. The molecule has 2 aromatic rings. The summed E-state index contributed by atoms with van der Waals surface area (Å²) in [6, 6.07) is 5.08. The smallest absolute Gasteiger partial charge is 0.317 e. The minimum Gasteiger partial charge on any atom is -0.317 e. The first-order chi connectivity index (χ1) is 10.8. The summed E-state index contributed by atoms with van der Waals surface area (Å²) in [5.41, 5.74) is 0.637. The summed E-state index contributed by atoms with van der Waals surface area (Å²) in [7, 11) is 0. The highest BCUT2D eigenvalue weighted by Gasteiger charge is 2.30. The molecule has 0 saturated heterocycles. The molecule has 23 heavy (non-hydrogen) atoms. The van der Waals surface area contributed by atoms with E-state index in [4.69, 9.17) is 0 Å². The lowest BCUT2D eigenvalue weighted by Crippen LogP contribution is -2.14. The molecule has 0 radical (unpaired) electrons. The number of Topliss-reactive ketones (excluding diaryl/α,β-unsaturated/α-hetero) is 1. The minimum absolute atomic E-state index is 0.0178. The van der Waals surface area contributed by atoms with Crippen molar-refractivity contribution in [2.75, 3.05) is 0 Å². The Kier molecular flexibility index (Phi) is 3.91. The molecular formula is C16H15F3N2OS. The number of hydrogen-bond acceptors (Lipinski definition) is 3. The number of halogens is 3. The summed E-state index contributed by atoms with van der Waals surface area (Å²) in [5, 5.41) is 0. The fraction of sp³-hybridized carbons (Fsp3) is 0.375. The van der Waals surface area contributed by atoms with E-state index in [0.29, 0.717) is 21.4 Å². The van der Waals surface area contributed by atoms with Crippen LogP contribution in [-0.4, -0.2) is 10.4 Å². The molecule has 1 fully saturated rings. The van der Waals surface area contributed by atoms with E-state index >= 15 is 0 Å². The summed E-state index contributed by atoms with van der Waals surface area (Å²) < 4.78 is 39.8. The molecule has 3 nitrogen and oxygen atoms in total. The number of carbonyl (C=O) groups excluding carboxylic acids is 1. The van der Waals surface area contributed by atoms with Crippen molar-refractivity contribution in [2.45, 2.75) is 38.9 Å². The molecule has 7 heteroatoms. The second-order valence-corrected chi connectivity index (χ2v) is 6.59. The molecule has 0 amide bonds. The van der Waals surface area contributed by atoms with Crippen LogP contribution in [0.25, 0.3) is 0 Å². The Hall–Kier alpha value is -1.89. The Bertz CT molecular complexity index is 811. The first-order valence-electron chi connectivity index (χ1n) is 7.22. The lowest BCUT2D eigenvalue weighted by atomic mass is 10.2. The molecule has 1 aromatic carbocycles. The largest absolute Gasteiger partial charge is 0.416 e. The van der Waals surface area contributed by atoms with Crippen LogP contribution >= 0.6 is 11.3 Å². The Morgan fingerprint density at radius 3 is 2.35 bits per heavy atom. The molecule has 1 heterocycles. The summed E-state index contributed by atoms with van der Waals surface area (Å²) in [5.74, 6) is -0.0178. The van der Waals surface area contributed by atoms with E-state index in [9.17, 15) is 18.0 Å². The Morgan fingerprint density at radius 2 is 1.87 bits per heavy atom. The van der Waals surface area contributed by atoms with Crippen LogP contribution in [0.15, 0.2) is 29.3 Å². The number of benzene rings is 1. The van der Waals surface area contributed by atoms with Gasteiger partial charge in [-0.25, -0.2) is 4.99 Å². The van der Waals surface area contributed by atoms with Crippen LogP contribution in [0.2, 0.25) is 0 Å². The number of alkyl halides is 3. The van der Waals surface area contributed by atoms with Gasteiger partial charge in [-0.05, 0) is 44.0 Å². The van der Waals surface area contributed by atoms with Gasteiger partial charge in [0.05, 0.1) is 16.1 Å². The molecule has 0 spiro atoms. The van der Waals surface area contributed by atoms with Gasteiger partial charge >= 0.3 is 6.18 Å². The summed E-state index contributed by atoms with van der Waals surface area (Å²) >= 11 is 1.29. The third-order valence-electron chi connectivity index (χ3n) is 3.74. The van der Waals surface area contributed by atoms with Gasteiger partial charge in [0.25, 0.3) is 0 Å². The van der Waals surface area contributed by atoms with E-state index in [1.807, 2.05) is 11.5 Å². The predicted molar refractivity (Wildman–Crippen MR) is 82.0 cm³/mol. The Morgan fingerprint density at radius 1 is 1.26 bits per heavy atom. The van der Waals surface area contributed by atoms with Gasteiger partial charge in [0.2, 0.25) is 0 Å². The lowest BCUT2D eigenvalue weighted by Gasteiger charge is -2.06. The molecule has 1 aliphatic carbocycles. The molecule has 3 rings (SSSR count). The number of carbonyl (C=O) groups is 1. The SMILES string of the molecule is CC(=O)c1sc(=Nc2ccc(C(F)(F)F)cc2)n(C2CC2)c1C. The van der Waals surface area contributed by atoms with Crippen LogP contribution < -0.4 is 4.80 Å². The summed E-state index contributed by atoms with van der Waals surface area (Å²) in [4.78, 5) is 17.5. The highest BCUT2D eigenvalue weighted by atomic mass is 32.1. The van der Waals surface area contributed by atoms with Gasteiger partial charge in [-0.3, -0.25) is 4.79 Å². The molecule has 0 unspecified atom stereocenters. The molecule has 0 N–H and O–H groups in total. The van der Waals surface area contributed by atoms with Crippen molar-refractivity contribution in [2.24, 2.45) is 4.99 Å². The number of aromatic nitrogens is 1. The minimum atomic E-state index is -4.35. The molecule has 1 aliphatic rings. The van der Waals surface area contributed by atoms with Gasteiger partial charge in [0, 0.05) is 18.7 Å². The van der Waals surface area contributed by atoms with Gasteiger partial charge in [0.15, 0.2) is 10.6 Å². The average molecular weight is 340 g/mol. The monoisotopic (exact) mass is 340 g/mol. The van der Waals surface area contributed by atoms with Crippen molar-refractivity contribution in [3.8, 4) is 0 Å². The van der Waals surface area contributed by atoms with Crippen molar-refractivity contribution < 1.29 is 18.0 Å². The van der Waals surface area contributed by atoms with Crippen molar-refractivity contribution in [1.29, 1.82) is 0 Å². The Balaban J connectivity index is 2.05. The van der Waals surface area contributed by atoms with Gasteiger partial charge in [-0.1, -0.05) is 11.3 Å². The van der Waals surface area contributed by atoms with Crippen molar-refractivity contribution in [1.82, 2.24) is 4.57 Å². The van der Waals surface area contributed by atoms with E-state index in [-0.39, 0.29) is 5.78 Å². The predicted octanol–water partition coefficient (Wildman–Crippen LogP) is 4.65. The van der Waals surface area contributed by atoms with E-state index in [1.165, 1.54) is 30.4 Å². The molecule has 1 aromatic heterocycles. The van der Waals surface area contributed by atoms with Crippen molar-refractivity contribution in [3.63, 3.8) is 0 Å². The zero-order chi connectivity index (χ0) is 16.8. The second kappa shape index (κ2) is 5.63. The fourth-order valence-corrected chi connectivity index (χ4v) is 3.58. The quantitative estimate of drug-likeness (QED) is 0.749. The third kappa shape index (κ3) is 3.24. The van der Waals surface area contributed by atoms with Crippen LogP contribution in [0, 0.1) is 6.92 Å². The maximum Gasteiger partial charge on any atom is 0.416 e. The first kappa shape index (κ1) is 16.0. The molecule has 0 atom stereocenters. The summed E-state index contributed by atoms with van der Waals surface area (Å²) in [6.07, 6.45) is -2.28. The fourth-order valence-electron chi connectivity index (χ4n) is 2.47. The standard InChI is InChI=1S/C16H15F3N2OS/c1-9-14(10(2)22)23-15(21(9)13-7-8-13)20-12-5-3-11(4-6-12)16(17,18)19/h3-6,13H,7-8H2,1-2H3. The number of rotatable bonds is 3. The highest BCUT2D eigenvalue weighted by molar-refractivity contribution is 7.11. The zero-order valence-corrected chi connectivity index (χ0v) is 13.5. The van der Waals surface area contributed by atoms with Crippen molar-refractivity contribution in [3.05, 3.63) is 45.2 Å².